The van der Waals surface area contributed by atoms with Crippen LogP contribution >= 0.6 is 0 Å². The van der Waals surface area contributed by atoms with Crippen molar-refractivity contribution in [1.82, 2.24) is 0 Å². The highest BCUT2D eigenvalue weighted by atomic mass is 19.1. The first-order valence-corrected chi connectivity index (χ1v) is 9.89. The first-order chi connectivity index (χ1) is 11.4. The Balaban J connectivity index is 1.82. The SMILES string of the molecule is CCCCCCCCCCCCCCCc1ccc([CH]F)cc1. The Morgan fingerprint density at radius 1 is 0.652 bits per heavy atom. The van der Waals surface area contributed by atoms with Crippen LogP contribution in [0.15, 0.2) is 24.3 Å². The van der Waals surface area contributed by atoms with Crippen molar-refractivity contribution in [3.8, 4) is 0 Å². The first-order valence-electron chi connectivity index (χ1n) is 9.89. The van der Waals surface area contributed by atoms with Crippen LogP contribution in [-0.2, 0) is 6.42 Å². The summed E-state index contributed by atoms with van der Waals surface area (Å²) in [5.74, 6) is 0. The molecule has 0 unspecified atom stereocenters. The predicted octanol–water partition coefficient (Wildman–Crippen LogP) is 7.80. The van der Waals surface area contributed by atoms with Crippen LogP contribution in [0.3, 0.4) is 0 Å². The molecule has 0 N–H and O–H groups in total. The lowest BCUT2D eigenvalue weighted by atomic mass is 10.0. The first kappa shape index (κ1) is 20.2. The Morgan fingerprint density at radius 3 is 1.52 bits per heavy atom. The quantitative estimate of drug-likeness (QED) is 0.289. The molecule has 0 aliphatic rings. The maximum atomic E-state index is 12.3. The third kappa shape index (κ3) is 11.3. The maximum Gasteiger partial charge on any atom is 0.160 e. The van der Waals surface area contributed by atoms with Gasteiger partial charge in [-0.1, -0.05) is 108 Å². The van der Waals surface area contributed by atoms with E-state index in [2.05, 4.69) is 6.92 Å². The molecule has 0 saturated carbocycles. The summed E-state index contributed by atoms with van der Waals surface area (Å²) in [4.78, 5) is 0. The van der Waals surface area contributed by atoms with Gasteiger partial charge < -0.3 is 0 Å². The van der Waals surface area contributed by atoms with Crippen molar-refractivity contribution in [1.29, 1.82) is 0 Å². The van der Waals surface area contributed by atoms with Crippen LogP contribution in [0.25, 0.3) is 0 Å². The average Bonchev–Trinajstić information content (AvgIpc) is 2.59. The van der Waals surface area contributed by atoms with Crippen LogP contribution in [-0.4, -0.2) is 0 Å². The van der Waals surface area contributed by atoms with E-state index in [1.165, 1.54) is 89.0 Å². The lowest BCUT2D eigenvalue weighted by Gasteiger charge is -2.04. The fraction of sp³-hybridized carbons (Fsp3) is 0.682. The van der Waals surface area contributed by atoms with Gasteiger partial charge in [0.25, 0.3) is 0 Å². The normalized spacial score (nSPS) is 11.0. The van der Waals surface area contributed by atoms with E-state index in [1.54, 1.807) is 0 Å². The summed E-state index contributed by atoms with van der Waals surface area (Å²) >= 11 is 0. The zero-order chi connectivity index (χ0) is 16.6. The van der Waals surface area contributed by atoms with Crippen LogP contribution < -0.4 is 0 Å². The number of halogens is 1. The third-order valence-corrected chi connectivity index (χ3v) is 4.67. The number of rotatable bonds is 15. The lowest BCUT2D eigenvalue weighted by molar-refractivity contribution is 0.539. The molecular weight excluding hydrogens is 283 g/mol. The number of aryl methyl sites for hydroxylation is 1. The van der Waals surface area contributed by atoms with Crippen molar-refractivity contribution >= 4 is 0 Å². The molecule has 0 heterocycles. The van der Waals surface area contributed by atoms with Gasteiger partial charge in [-0.2, -0.15) is 0 Å². The van der Waals surface area contributed by atoms with Crippen molar-refractivity contribution in [2.45, 2.75) is 96.8 Å². The molecule has 0 saturated heterocycles. The Bertz CT molecular complexity index is 355. The number of hydrogen-bond acceptors (Lipinski definition) is 0. The number of benzene rings is 1. The van der Waals surface area contributed by atoms with E-state index in [0.717, 1.165) is 6.42 Å². The number of unbranched alkanes of at least 4 members (excludes halogenated alkanes) is 12. The molecule has 0 amide bonds. The summed E-state index contributed by atoms with van der Waals surface area (Å²) in [5, 5.41) is 0. The summed E-state index contributed by atoms with van der Waals surface area (Å²) in [6.45, 7) is 2.94. The van der Waals surface area contributed by atoms with Gasteiger partial charge in [0.15, 0.2) is 6.67 Å². The highest BCUT2D eigenvalue weighted by molar-refractivity contribution is 5.25. The van der Waals surface area contributed by atoms with E-state index in [1.807, 2.05) is 24.3 Å². The Labute approximate surface area is 143 Å². The van der Waals surface area contributed by atoms with Crippen LogP contribution in [0.2, 0.25) is 0 Å². The van der Waals surface area contributed by atoms with Gasteiger partial charge in [-0.05, 0) is 24.0 Å². The highest BCUT2D eigenvalue weighted by Gasteiger charge is 1.97. The summed E-state index contributed by atoms with van der Waals surface area (Å²) < 4.78 is 12.3. The largest absolute Gasteiger partial charge is 0.239 e. The molecule has 0 bridgehead atoms. The van der Waals surface area contributed by atoms with Crippen LogP contribution in [0, 0.1) is 6.67 Å². The fourth-order valence-electron chi connectivity index (χ4n) is 3.10. The van der Waals surface area contributed by atoms with Gasteiger partial charge >= 0.3 is 0 Å². The summed E-state index contributed by atoms with van der Waals surface area (Å²) in [7, 11) is 0. The molecule has 0 aliphatic carbocycles. The molecular formula is C22H36F. The Kier molecular flexibility index (Phi) is 12.9. The maximum absolute atomic E-state index is 12.3. The minimum Gasteiger partial charge on any atom is -0.239 e. The summed E-state index contributed by atoms with van der Waals surface area (Å²) in [5.41, 5.74) is 2.00. The van der Waals surface area contributed by atoms with E-state index in [9.17, 15) is 4.39 Å². The minimum absolute atomic E-state index is 0.662. The van der Waals surface area contributed by atoms with Crippen molar-refractivity contribution in [2.75, 3.05) is 0 Å². The standard InChI is InChI=1S/C22H36F/c1-2-3-4-5-6-7-8-9-10-11-12-13-14-15-21-16-18-22(20-23)19-17-21/h16-20H,2-15H2,1H3. The summed E-state index contributed by atoms with van der Waals surface area (Å²) in [6.07, 6.45) is 19.3. The molecule has 1 radical (unpaired) electrons. The molecule has 1 rings (SSSR count). The van der Waals surface area contributed by atoms with E-state index >= 15 is 0 Å². The second-order valence-corrected chi connectivity index (χ2v) is 6.84. The molecule has 0 nitrogen and oxygen atoms in total. The van der Waals surface area contributed by atoms with E-state index in [4.69, 9.17) is 0 Å². The zero-order valence-electron chi connectivity index (χ0n) is 15.2. The minimum atomic E-state index is 0.662. The van der Waals surface area contributed by atoms with Crippen LogP contribution in [0.5, 0.6) is 0 Å². The van der Waals surface area contributed by atoms with E-state index < -0.39 is 0 Å². The van der Waals surface area contributed by atoms with Gasteiger partial charge in [0.05, 0.1) is 0 Å². The highest BCUT2D eigenvalue weighted by Crippen LogP contribution is 2.14. The topological polar surface area (TPSA) is 0 Å². The lowest BCUT2D eigenvalue weighted by Crippen LogP contribution is -1.87. The molecule has 0 aliphatic heterocycles. The Hall–Kier alpha value is -0.850. The molecule has 1 heteroatoms. The van der Waals surface area contributed by atoms with Gasteiger partial charge in [0, 0.05) is 0 Å². The predicted molar refractivity (Wildman–Crippen MR) is 100 cm³/mol. The molecule has 1 aromatic carbocycles. The molecule has 0 atom stereocenters. The molecule has 0 fully saturated rings. The molecule has 23 heavy (non-hydrogen) atoms. The van der Waals surface area contributed by atoms with Crippen molar-refractivity contribution < 1.29 is 4.39 Å². The van der Waals surface area contributed by atoms with Gasteiger partial charge in [0.2, 0.25) is 0 Å². The van der Waals surface area contributed by atoms with Crippen LogP contribution in [0.4, 0.5) is 4.39 Å². The van der Waals surface area contributed by atoms with Crippen molar-refractivity contribution in [3.63, 3.8) is 0 Å². The third-order valence-electron chi connectivity index (χ3n) is 4.67. The monoisotopic (exact) mass is 319 g/mol. The van der Waals surface area contributed by atoms with E-state index in [0.29, 0.717) is 12.2 Å². The fourth-order valence-corrected chi connectivity index (χ4v) is 3.10. The zero-order valence-corrected chi connectivity index (χ0v) is 15.2. The smallest absolute Gasteiger partial charge is 0.160 e. The molecule has 131 valence electrons. The van der Waals surface area contributed by atoms with Gasteiger partial charge in [-0.25, -0.2) is 4.39 Å². The van der Waals surface area contributed by atoms with Gasteiger partial charge in [-0.15, -0.1) is 0 Å². The Morgan fingerprint density at radius 2 is 1.09 bits per heavy atom. The molecule has 1 aromatic rings. The number of hydrogen-bond donors (Lipinski definition) is 0. The van der Waals surface area contributed by atoms with Gasteiger partial charge in [0.1, 0.15) is 0 Å². The van der Waals surface area contributed by atoms with Crippen molar-refractivity contribution in [2.24, 2.45) is 0 Å². The average molecular weight is 320 g/mol. The van der Waals surface area contributed by atoms with Gasteiger partial charge in [-0.3, -0.25) is 0 Å². The summed E-state index contributed by atoms with van der Waals surface area (Å²) in [6, 6.07) is 7.81. The molecule has 0 spiro atoms. The second kappa shape index (κ2) is 14.7. The second-order valence-electron chi connectivity index (χ2n) is 6.84. The van der Waals surface area contributed by atoms with Crippen LogP contribution in [0.1, 0.15) is 102 Å². The van der Waals surface area contributed by atoms with Crippen molar-refractivity contribution in [3.05, 3.63) is 42.1 Å². The molecule has 0 aromatic heterocycles. The van der Waals surface area contributed by atoms with E-state index in [-0.39, 0.29) is 0 Å².